The first kappa shape index (κ1) is 23.7. The standard InChI is InChI=1S/C27H24N8O2/c1-2-23(36)34-13-5-6-18(16-34)24-21-10-12-31-27(29)35(21)25(33-24)20-9-8-17(14-19(20)15-28)26(37)32-22-7-3-4-11-30-22/h2-4,7-12,14,18H,1,5-6,13,16H2,(H2,29,31)(H,30,32,37). The van der Waals surface area contributed by atoms with Crippen LogP contribution in [-0.4, -0.2) is 49.2 Å². The third-order valence-electron chi connectivity index (χ3n) is 6.45. The number of pyridine rings is 1. The van der Waals surface area contributed by atoms with E-state index in [9.17, 15) is 14.9 Å². The number of likely N-dealkylation sites (tertiary alicyclic amines) is 1. The van der Waals surface area contributed by atoms with Crippen molar-refractivity contribution in [2.45, 2.75) is 18.8 Å². The summed E-state index contributed by atoms with van der Waals surface area (Å²) in [6.07, 6.45) is 6.21. The van der Waals surface area contributed by atoms with Gasteiger partial charge in [-0.15, -0.1) is 0 Å². The monoisotopic (exact) mass is 492 g/mol. The molecule has 0 spiro atoms. The summed E-state index contributed by atoms with van der Waals surface area (Å²) in [6, 6.07) is 14.1. The number of carbonyl (C=O) groups is 2. The largest absolute Gasteiger partial charge is 0.369 e. The average Bonchev–Trinajstić information content (AvgIpc) is 3.33. The van der Waals surface area contributed by atoms with Gasteiger partial charge in [-0.3, -0.25) is 14.0 Å². The van der Waals surface area contributed by atoms with E-state index in [-0.39, 0.29) is 29.2 Å². The number of anilines is 2. The lowest BCUT2D eigenvalue weighted by Crippen LogP contribution is -2.38. The summed E-state index contributed by atoms with van der Waals surface area (Å²) in [7, 11) is 0. The molecule has 5 rings (SSSR count). The maximum Gasteiger partial charge on any atom is 0.256 e. The number of nitrogens with two attached hydrogens (primary N) is 1. The highest BCUT2D eigenvalue weighted by atomic mass is 16.2. The van der Waals surface area contributed by atoms with Gasteiger partial charge in [-0.25, -0.2) is 15.0 Å². The van der Waals surface area contributed by atoms with E-state index in [0.29, 0.717) is 35.9 Å². The van der Waals surface area contributed by atoms with E-state index >= 15 is 0 Å². The number of nitriles is 1. The summed E-state index contributed by atoms with van der Waals surface area (Å²) in [5.41, 5.74) is 8.92. The highest BCUT2D eigenvalue weighted by Crippen LogP contribution is 2.34. The molecule has 10 heteroatoms. The van der Waals surface area contributed by atoms with Gasteiger partial charge in [0.15, 0.2) is 0 Å². The Labute approximate surface area is 213 Å². The molecule has 37 heavy (non-hydrogen) atoms. The molecule has 4 heterocycles. The number of hydrogen-bond donors (Lipinski definition) is 2. The normalized spacial score (nSPS) is 15.2. The molecule has 1 atom stereocenters. The Balaban J connectivity index is 1.55. The van der Waals surface area contributed by atoms with Crippen molar-refractivity contribution < 1.29 is 9.59 Å². The van der Waals surface area contributed by atoms with E-state index in [0.717, 1.165) is 24.1 Å². The molecule has 184 valence electrons. The van der Waals surface area contributed by atoms with Crippen molar-refractivity contribution in [2.75, 3.05) is 24.1 Å². The van der Waals surface area contributed by atoms with Crippen molar-refractivity contribution >= 4 is 29.1 Å². The van der Waals surface area contributed by atoms with Gasteiger partial charge in [0, 0.05) is 42.5 Å². The third-order valence-corrected chi connectivity index (χ3v) is 6.45. The van der Waals surface area contributed by atoms with E-state index in [2.05, 4.69) is 27.9 Å². The predicted molar refractivity (Wildman–Crippen MR) is 138 cm³/mol. The summed E-state index contributed by atoms with van der Waals surface area (Å²) in [4.78, 5) is 40.1. The molecule has 0 bridgehead atoms. The van der Waals surface area contributed by atoms with Crippen LogP contribution >= 0.6 is 0 Å². The molecule has 1 aromatic carbocycles. The maximum atomic E-state index is 12.8. The molecule has 4 aromatic rings. The van der Waals surface area contributed by atoms with Gasteiger partial charge in [-0.2, -0.15) is 5.26 Å². The molecule has 0 saturated carbocycles. The van der Waals surface area contributed by atoms with E-state index in [4.69, 9.17) is 10.7 Å². The molecule has 3 aromatic heterocycles. The number of carbonyl (C=O) groups excluding carboxylic acids is 2. The summed E-state index contributed by atoms with van der Waals surface area (Å²) < 4.78 is 1.72. The molecule has 0 radical (unpaired) electrons. The van der Waals surface area contributed by atoms with Gasteiger partial charge < -0.3 is 16.0 Å². The number of imidazole rings is 1. The molecule has 1 saturated heterocycles. The zero-order chi connectivity index (χ0) is 25.9. The summed E-state index contributed by atoms with van der Waals surface area (Å²) in [5, 5.41) is 12.7. The Morgan fingerprint density at radius 2 is 2.05 bits per heavy atom. The minimum atomic E-state index is -0.384. The lowest BCUT2D eigenvalue weighted by atomic mass is 9.94. The molecule has 3 N–H and O–H groups in total. The first-order valence-electron chi connectivity index (χ1n) is 11.8. The van der Waals surface area contributed by atoms with Crippen LogP contribution in [-0.2, 0) is 4.79 Å². The minimum Gasteiger partial charge on any atom is -0.369 e. The number of piperidine rings is 1. The van der Waals surface area contributed by atoms with Crippen molar-refractivity contribution in [3.63, 3.8) is 0 Å². The van der Waals surface area contributed by atoms with Crippen molar-refractivity contribution in [1.29, 1.82) is 5.26 Å². The molecule has 0 aliphatic carbocycles. The van der Waals surface area contributed by atoms with Gasteiger partial charge in [0.2, 0.25) is 11.9 Å². The summed E-state index contributed by atoms with van der Waals surface area (Å²) in [6.45, 7) is 4.78. The van der Waals surface area contributed by atoms with Crippen LogP contribution in [0.5, 0.6) is 0 Å². The number of fused-ring (bicyclic) bond motifs is 1. The van der Waals surface area contributed by atoms with Gasteiger partial charge in [0.05, 0.1) is 22.8 Å². The maximum absolute atomic E-state index is 12.8. The van der Waals surface area contributed by atoms with Crippen LogP contribution in [0.15, 0.2) is 67.5 Å². The number of benzene rings is 1. The molecular formula is C27H24N8O2. The van der Waals surface area contributed by atoms with Crippen molar-refractivity contribution in [3.8, 4) is 17.5 Å². The number of nitrogens with zero attached hydrogens (tertiary/aromatic N) is 6. The molecule has 1 aliphatic rings. The minimum absolute atomic E-state index is 0.0165. The Kier molecular flexibility index (Phi) is 6.34. The van der Waals surface area contributed by atoms with Gasteiger partial charge in [-0.05, 0) is 55.3 Å². The van der Waals surface area contributed by atoms with Crippen LogP contribution in [0.1, 0.15) is 40.4 Å². The van der Waals surface area contributed by atoms with Crippen LogP contribution in [0.4, 0.5) is 11.8 Å². The SMILES string of the molecule is C=CC(=O)N1CCCC(c2nc(-c3ccc(C(=O)Nc4ccccn4)cc3C#N)n3c(N)nccc23)C1. The molecule has 2 amide bonds. The van der Waals surface area contributed by atoms with Crippen LogP contribution in [0, 0.1) is 11.3 Å². The van der Waals surface area contributed by atoms with E-state index in [1.54, 1.807) is 52.0 Å². The fourth-order valence-electron chi connectivity index (χ4n) is 4.69. The molecular weight excluding hydrogens is 468 g/mol. The van der Waals surface area contributed by atoms with E-state index in [1.807, 2.05) is 6.07 Å². The second-order valence-corrected chi connectivity index (χ2v) is 8.71. The third kappa shape index (κ3) is 4.50. The lowest BCUT2D eigenvalue weighted by molar-refractivity contribution is -0.127. The molecule has 1 aliphatic heterocycles. The zero-order valence-corrected chi connectivity index (χ0v) is 20.0. The van der Waals surface area contributed by atoms with Gasteiger partial charge >= 0.3 is 0 Å². The van der Waals surface area contributed by atoms with Crippen LogP contribution in [0.3, 0.4) is 0 Å². The number of rotatable bonds is 5. The Morgan fingerprint density at radius 1 is 1.19 bits per heavy atom. The fraction of sp³-hybridized carbons (Fsp3) is 0.185. The first-order chi connectivity index (χ1) is 18.0. The van der Waals surface area contributed by atoms with Crippen molar-refractivity contribution in [1.82, 2.24) is 24.3 Å². The van der Waals surface area contributed by atoms with Crippen molar-refractivity contribution in [2.24, 2.45) is 0 Å². The quantitative estimate of drug-likeness (QED) is 0.407. The predicted octanol–water partition coefficient (Wildman–Crippen LogP) is 3.39. The topological polar surface area (TPSA) is 142 Å². The van der Waals surface area contributed by atoms with Gasteiger partial charge in [0.1, 0.15) is 11.6 Å². The highest BCUT2D eigenvalue weighted by Gasteiger charge is 2.29. The number of nitrogens with one attached hydrogen (secondary N) is 1. The lowest BCUT2D eigenvalue weighted by Gasteiger charge is -2.31. The number of aromatic nitrogens is 4. The molecule has 1 unspecified atom stereocenters. The Hall–Kier alpha value is -5.04. The molecule has 10 nitrogen and oxygen atoms in total. The average molecular weight is 493 g/mol. The van der Waals surface area contributed by atoms with E-state index in [1.165, 1.54) is 12.1 Å². The number of nitrogen functional groups attached to an aromatic ring is 1. The summed E-state index contributed by atoms with van der Waals surface area (Å²) >= 11 is 0. The fourth-order valence-corrected chi connectivity index (χ4v) is 4.69. The Morgan fingerprint density at radius 3 is 2.81 bits per heavy atom. The second-order valence-electron chi connectivity index (χ2n) is 8.71. The highest BCUT2D eigenvalue weighted by molar-refractivity contribution is 6.04. The van der Waals surface area contributed by atoms with E-state index < -0.39 is 0 Å². The van der Waals surface area contributed by atoms with Gasteiger partial charge in [-0.1, -0.05) is 12.6 Å². The van der Waals surface area contributed by atoms with Crippen LogP contribution in [0.2, 0.25) is 0 Å². The first-order valence-corrected chi connectivity index (χ1v) is 11.8. The van der Waals surface area contributed by atoms with Crippen LogP contribution < -0.4 is 11.1 Å². The second kappa shape index (κ2) is 9.91. The summed E-state index contributed by atoms with van der Waals surface area (Å²) in [5.74, 6) is 0.580. The van der Waals surface area contributed by atoms with Crippen molar-refractivity contribution in [3.05, 3.63) is 84.3 Å². The van der Waals surface area contributed by atoms with Gasteiger partial charge in [0.25, 0.3) is 5.91 Å². The van der Waals surface area contributed by atoms with Crippen LogP contribution in [0.25, 0.3) is 16.9 Å². The molecule has 1 fully saturated rings. The number of hydrogen-bond acceptors (Lipinski definition) is 7. The Bertz CT molecular complexity index is 1550. The smallest absolute Gasteiger partial charge is 0.256 e. The zero-order valence-electron chi connectivity index (χ0n) is 20.0. The number of amides is 2.